The Kier molecular flexibility index (Phi) is 6.12. The largest absolute Gasteiger partial charge is 0.383 e. The average Bonchev–Trinajstić information content (AvgIpc) is 2.96. The molecule has 0 aliphatic carbocycles. The standard InChI is InChI=1S/C17H23N3O2S/c1-11(2)16(21)19-14-7-5-13(6-8-14)15-10-23-17(20-15)18-12(3)9-22-4/h5-8,10-12H,9H2,1-4H3,(H,18,20)(H,19,21)/t12-/m0/s1. The molecule has 1 heterocycles. The molecule has 2 aromatic rings. The number of anilines is 2. The first-order valence-corrected chi connectivity index (χ1v) is 8.50. The van der Waals surface area contributed by atoms with Crippen molar-refractivity contribution in [2.45, 2.75) is 26.8 Å². The molecule has 2 N–H and O–H groups in total. The zero-order valence-electron chi connectivity index (χ0n) is 13.9. The summed E-state index contributed by atoms with van der Waals surface area (Å²) >= 11 is 1.57. The number of thiazole rings is 1. The molecule has 1 atom stereocenters. The third kappa shape index (κ3) is 5.04. The molecule has 0 radical (unpaired) electrons. The second-order valence-electron chi connectivity index (χ2n) is 5.76. The van der Waals surface area contributed by atoms with Crippen LogP contribution >= 0.6 is 11.3 Å². The van der Waals surface area contributed by atoms with E-state index in [9.17, 15) is 4.79 Å². The molecule has 0 saturated carbocycles. The third-order valence-corrected chi connectivity index (χ3v) is 4.04. The van der Waals surface area contributed by atoms with E-state index in [1.807, 2.05) is 43.5 Å². The summed E-state index contributed by atoms with van der Waals surface area (Å²) in [5.41, 5.74) is 2.75. The molecule has 2 rings (SSSR count). The Morgan fingerprint density at radius 3 is 2.57 bits per heavy atom. The van der Waals surface area contributed by atoms with Crippen LogP contribution in [-0.2, 0) is 9.53 Å². The van der Waals surface area contributed by atoms with Crippen molar-refractivity contribution in [1.82, 2.24) is 4.98 Å². The molecule has 23 heavy (non-hydrogen) atoms. The van der Waals surface area contributed by atoms with E-state index in [4.69, 9.17) is 4.74 Å². The summed E-state index contributed by atoms with van der Waals surface area (Å²) in [6.45, 7) is 6.44. The fraction of sp³-hybridized carbons (Fsp3) is 0.412. The first-order chi connectivity index (χ1) is 11.0. The number of nitrogens with one attached hydrogen (secondary N) is 2. The lowest BCUT2D eigenvalue weighted by molar-refractivity contribution is -0.118. The molecule has 1 aromatic heterocycles. The summed E-state index contributed by atoms with van der Waals surface area (Å²) in [4.78, 5) is 16.3. The van der Waals surface area contributed by atoms with Crippen molar-refractivity contribution in [3.05, 3.63) is 29.6 Å². The minimum Gasteiger partial charge on any atom is -0.383 e. The normalized spacial score (nSPS) is 12.2. The van der Waals surface area contributed by atoms with Crippen molar-refractivity contribution < 1.29 is 9.53 Å². The number of ether oxygens (including phenoxy) is 1. The van der Waals surface area contributed by atoms with Crippen molar-refractivity contribution in [2.75, 3.05) is 24.4 Å². The molecule has 0 bridgehead atoms. The Bertz CT molecular complexity index is 638. The van der Waals surface area contributed by atoms with Gasteiger partial charge in [-0.1, -0.05) is 26.0 Å². The van der Waals surface area contributed by atoms with Crippen LogP contribution in [0, 0.1) is 5.92 Å². The molecule has 0 aliphatic rings. The number of rotatable bonds is 7. The van der Waals surface area contributed by atoms with Gasteiger partial charge in [0.1, 0.15) is 0 Å². The van der Waals surface area contributed by atoms with E-state index in [0.717, 1.165) is 22.1 Å². The van der Waals surface area contributed by atoms with Gasteiger partial charge in [-0.3, -0.25) is 4.79 Å². The molecule has 0 unspecified atom stereocenters. The van der Waals surface area contributed by atoms with Crippen molar-refractivity contribution in [2.24, 2.45) is 5.92 Å². The Labute approximate surface area is 141 Å². The van der Waals surface area contributed by atoms with Crippen LogP contribution in [0.15, 0.2) is 29.6 Å². The fourth-order valence-electron chi connectivity index (χ4n) is 1.99. The highest BCUT2D eigenvalue weighted by Crippen LogP contribution is 2.26. The number of carbonyl (C=O) groups is 1. The topological polar surface area (TPSA) is 63.2 Å². The van der Waals surface area contributed by atoms with Crippen LogP contribution in [-0.4, -0.2) is 30.6 Å². The lowest BCUT2D eigenvalue weighted by Crippen LogP contribution is -2.20. The number of aromatic nitrogens is 1. The monoisotopic (exact) mass is 333 g/mol. The quantitative estimate of drug-likeness (QED) is 0.808. The molecule has 0 saturated heterocycles. The summed E-state index contributed by atoms with van der Waals surface area (Å²) in [5, 5.41) is 9.08. The number of methoxy groups -OCH3 is 1. The van der Waals surface area contributed by atoms with Crippen LogP contribution in [0.25, 0.3) is 11.3 Å². The van der Waals surface area contributed by atoms with Gasteiger partial charge < -0.3 is 15.4 Å². The highest BCUT2D eigenvalue weighted by molar-refractivity contribution is 7.14. The van der Waals surface area contributed by atoms with Gasteiger partial charge in [-0.25, -0.2) is 4.98 Å². The Morgan fingerprint density at radius 1 is 1.26 bits per heavy atom. The Hall–Kier alpha value is -1.92. The minimum atomic E-state index is -0.0315. The number of benzene rings is 1. The average molecular weight is 333 g/mol. The lowest BCUT2D eigenvalue weighted by atomic mass is 10.1. The van der Waals surface area contributed by atoms with Gasteiger partial charge in [0.05, 0.1) is 12.3 Å². The molecule has 124 valence electrons. The molecule has 5 nitrogen and oxygen atoms in total. The summed E-state index contributed by atoms with van der Waals surface area (Å²) in [7, 11) is 1.69. The van der Waals surface area contributed by atoms with Gasteiger partial charge >= 0.3 is 0 Å². The zero-order valence-corrected chi connectivity index (χ0v) is 14.7. The maximum Gasteiger partial charge on any atom is 0.226 e. The van der Waals surface area contributed by atoms with Gasteiger partial charge in [0.2, 0.25) is 5.91 Å². The van der Waals surface area contributed by atoms with Crippen LogP contribution in [0.2, 0.25) is 0 Å². The van der Waals surface area contributed by atoms with E-state index in [0.29, 0.717) is 6.61 Å². The first kappa shape index (κ1) is 17.4. The highest BCUT2D eigenvalue weighted by atomic mass is 32.1. The van der Waals surface area contributed by atoms with Crippen LogP contribution in [0.5, 0.6) is 0 Å². The fourth-order valence-corrected chi connectivity index (χ4v) is 2.82. The summed E-state index contributed by atoms with van der Waals surface area (Å²) in [5.74, 6) is -0.0130. The predicted octanol–water partition coefficient (Wildman–Crippen LogP) is 3.85. The minimum absolute atomic E-state index is 0.0185. The second-order valence-corrected chi connectivity index (χ2v) is 6.62. The maximum atomic E-state index is 11.7. The zero-order chi connectivity index (χ0) is 16.8. The molecule has 1 amide bonds. The predicted molar refractivity (Wildman–Crippen MR) is 96.0 cm³/mol. The first-order valence-electron chi connectivity index (χ1n) is 7.62. The van der Waals surface area contributed by atoms with Gasteiger partial charge in [-0.15, -0.1) is 11.3 Å². The molecule has 0 fully saturated rings. The maximum absolute atomic E-state index is 11.7. The summed E-state index contributed by atoms with van der Waals surface area (Å²) < 4.78 is 5.11. The number of amides is 1. The van der Waals surface area contributed by atoms with Gasteiger partial charge in [0.15, 0.2) is 5.13 Å². The molecular formula is C17H23N3O2S. The van der Waals surface area contributed by atoms with Gasteiger partial charge in [-0.2, -0.15) is 0 Å². The molecule has 0 aliphatic heterocycles. The van der Waals surface area contributed by atoms with E-state index in [-0.39, 0.29) is 17.9 Å². The van der Waals surface area contributed by atoms with Gasteiger partial charge in [-0.05, 0) is 19.1 Å². The third-order valence-electron chi connectivity index (χ3n) is 3.26. The van der Waals surface area contributed by atoms with Crippen LogP contribution in [0.1, 0.15) is 20.8 Å². The van der Waals surface area contributed by atoms with E-state index in [1.165, 1.54) is 0 Å². The second kappa shape index (κ2) is 8.08. The van der Waals surface area contributed by atoms with E-state index >= 15 is 0 Å². The van der Waals surface area contributed by atoms with Crippen LogP contribution in [0.3, 0.4) is 0 Å². The summed E-state index contributed by atoms with van der Waals surface area (Å²) in [6.07, 6.45) is 0. The van der Waals surface area contributed by atoms with Crippen LogP contribution in [0.4, 0.5) is 10.8 Å². The van der Waals surface area contributed by atoms with Crippen molar-refractivity contribution >= 4 is 28.1 Å². The van der Waals surface area contributed by atoms with Gasteiger partial charge in [0.25, 0.3) is 0 Å². The number of hydrogen-bond donors (Lipinski definition) is 2. The number of nitrogens with zero attached hydrogens (tertiary/aromatic N) is 1. The van der Waals surface area contributed by atoms with Crippen molar-refractivity contribution in [3.63, 3.8) is 0 Å². The highest BCUT2D eigenvalue weighted by Gasteiger charge is 2.09. The lowest BCUT2D eigenvalue weighted by Gasteiger charge is -2.10. The van der Waals surface area contributed by atoms with E-state index in [2.05, 4.69) is 22.5 Å². The van der Waals surface area contributed by atoms with Crippen molar-refractivity contribution in [1.29, 1.82) is 0 Å². The Balaban J connectivity index is 2.02. The SMILES string of the molecule is COC[C@H](C)Nc1nc(-c2ccc(NC(=O)C(C)C)cc2)cs1. The molecule has 0 spiro atoms. The molecular weight excluding hydrogens is 310 g/mol. The Morgan fingerprint density at radius 2 is 1.96 bits per heavy atom. The van der Waals surface area contributed by atoms with E-state index in [1.54, 1.807) is 18.4 Å². The van der Waals surface area contributed by atoms with Gasteiger partial charge in [0, 0.05) is 35.7 Å². The smallest absolute Gasteiger partial charge is 0.226 e. The number of hydrogen-bond acceptors (Lipinski definition) is 5. The van der Waals surface area contributed by atoms with Crippen LogP contribution < -0.4 is 10.6 Å². The summed E-state index contributed by atoms with van der Waals surface area (Å²) in [6, 6.07) is 7.94. The molecule has 1 aromatic carbocycles. The van der Waals surface area contributed by atoms with Crippen molar-refractivity contribution in [3.8, 4) is 11.3 Å². The number of carbonyl (C=O) groups excluding carboxylic acids is 1. The molecule has 6 heteroatoms. The van der Waals surface area contributed by atoms with E-state index < -0.39 is 0 Å².